The molecule has 5 rings (SSSR count). The highest BCUT2D eigenvalue weighted by molar-refractivity contribution is 7.17. The second-order valence-corrected chi connectivity index (χ2v) is 10.7. The van der Waals surface area contributed by atoms with Crippen LogP contribution >= 0.6 is 11.3 Å². The van der Waals surface area contributed by atoms with Gasteiger partial charge in [0.25, 0.3) is 5.91 Å². The van der Waals surface area contributed by atoms with Crippen molar-refractivity contribution >= 4 is 44.8 Å². The quantitative estimate of drug-likeness (QED) is 0.330. The van der Waals surface area contributed by atoms with Crippen LogP contribution in [0.15, 0.2) is 60.1 Å². The van der Waals surface area contributed by atoms with E-state index in [1.807, 2.05) is 49.5 Å². The summed E-state index contributed by atoms with van der Waals surface area (Å²) in [6.07, 6.45) is 1.86. The van der Waals surface area contributed by atoms with E-state index < -0.39 is 0 Å². The molecule has 0 aliphatic carbocycles. The largest absolute Gasteiger partial charge is 0.369 e. The second kappa shape index (κ2) is 11.9. The molecule has 1 aliphatic rings. The molecule has 0 bridgehead atoms. The van der Waals surface area contributed by atoms with Crippen molar-refractivity contribution in [3.8, 4) is 11.1 Å². The average Bonchev–Trinajstić information content (AvgIpc) is 3.37. The maximum absolute atomic E-state index is 12.7. The molecule has 8 nitrogen and oxygen atoms in total. The topological polar surface area (TPSA) is 76.6 Å². The fourth-order valence-corrected chi connectivity index (χ4v) is 5.50. The lowest BCUT2D eigenvalue weighted by Gasteiger charge is -2.35. The molecule has 1 aliphatic heterocycles. The number of carbonyl (C=O) groups excluding carboxylic acids is 1. The summed E-state index contributed by atoms with van der Waals surface area (Å²) < 4.78 is 1.01. The van der Waals surface area contributed by atoms with E-state index >= 15 is 0 Å². The van der Waals surface area contributed by atoms with Gasteiger partial charge in [-0.3, -0.25) is 4.79 Å². The number of piperazine rings is 1. The van der Waals surface area contributed by atoms with E-state index in [0.29, 0.717) is 18.1 Å². The summed E-state index contributed by atoms with van der Waals surface area (Å²) in [7, 11) is 3.98. The van der Waals surface area contributed by atoms with Crippen molar-refractivity contribution in [3.05, 3.63) is 65.7 Å². The van der Waals surface area contributed by atoms with E-state index in [0.717, 1.165) is 66.3 Å². The zero-order valence-electron chi connectivity index (χ0n) is 22.3. The van der Waals surface area contributed by atoms with Gasteiger partial charge >= 0.3 is 0 Å². The highest BCUT2D eigenvalue weighted by Gasteiger charge is 2.16. The van der Waals surface area contributed by atoms with Crippen molar-refractivity contribution in [3.63, 3.8) is 0 Å². The molecule has 2 aromatic carbocycles. The van der Waals surface area contributed by atoms with E-state index in [9.17, 15) is 4.79 Å². The van der Waals surface area contributed by atoms with Crippen molar-refractivity contribution in [1.29, 1.82) is 0 Å². The summed E-state index contributed by atoms with van der Waals surface area (Å²) >= 11 is 1.61. The third-order valence-electron chi connectivity index (χ3n) is 6.90. The fraction of sp³-hybridized carbons (Fsp3) is 0.345. The summed E-state index contributed by atoms with van der Waals surface area (Å²) in [5.41, 5.74) is 5.68. The van der Waals surface area contributed by atoms with E-state index in [2.05, 4.69) is 62.0 Å². The van der Waals surface area contributed by atoms with Gasteiger partial charge in [-0.25, -0.2) is 9.97 Å². The molecule has 198 valence electrons. The molecule has 1 saturated heterocycles. The molecule has 2 N–H and O–H groups in total. The van der Waals surface area contributed by atoms with Crippen LogP contribution < -0.4 is 15.5 Å². The predicted molar refractivity (Wildman–Crippen MR) is 158 cm³/mol. The van der Waals surface area contributed by atoms with Gasteiger partial charge in [-0.15, -0.1) is 11.3 Å². The fourth-order valence-electron chi connectivity index (χ4n) is 4.62. The minimum atomic E-state index is -0.0686. The molecule has 38 heavy (non-hydrogen) atoms. The van der Waals surface area contributed by atoms with Crippen LogP contribution in [0.2, 0.25) is 0 Å². The molecule has 1 fully saturated rings. The number of thiophene rings is 1. The number of carbonyl (C=O) groups is 1. The molecule has 0 atom stereocenters. The third kappa shape index (κ3) is 6.12. The summed E-state index contributed by atoms with van der Waals surface area (Å²) in [6.45, 7) is 9.07. The summed E-state index contributed by atoms with van der Waals surface area (Å²) in [4.78, 5) is 29.0. The molecular formula is C29H35N7OS. The second-order valence-electron chi connectivity index (χ2n) is 9.79. The maximum Gasteiger partial charge on any atom is 0.251 e. The van der Waals surface area contributed by atoms with Gasteiger partial charge in [0, 0.05) is 67.2 Å². The van der Waals surface area contributed by atoms with Gasteiger partial charge in [0.1, 0.15) is 0 Å². The van der Waals surface area contributed by atoms with Crippen LogP contribution in [0.5, 0.6) is 0 Å². The molecule has 9 heteroatoms. The number of amides is 1. The zero-order chi connectivity index (χ0) is 26.5. The number of nitrogens with one attached hydrogen (secondary N) is 2. The van der Waals surface area contributed by atoms with E-state index in [1.54, 1.807) is 11.3 Å². The lowest BCUT2D eigenvalue weighted by molar-refractivity contribution is 0.0951. The Labute approximate surface area is 228 Å². The van der Waals surface area contributed by atoms with E-state index in [-0.39, 0.29) is 5.91 Å². The molecule has 0 unspecified atom stereocenters. The molecule has 0 radical (unpaired) electrons. The average molecular weight is 530 g/mol. The number of rotatable bonds is 9. The number of anilines is 3. The minimum absolute atomic E-state index is 0.0686. The standard InChI is InChI=1S/C29H35N7OS/c1-4-35-14-16-36(17-15-35)24-10-8-23(9-11-24)32-29-31-19-26-27(33-29)25(20-38-26)21-6-5-7-22(18-21)28(37)30-12-13-34(2)3/h5-11,18-20H,4,12-17H2,1-3H3,(H,30,37)(H,31,32,33). The Morgan fingerprint density at radius 2 is 1.87 bits per heavy atom. The Morgan fingerprint density at radius 3 is 2.61 bits per heavy atom. The van der Waals surface area contributed by atoms with Gasteiger partial charge in [0.05, 0.1) is 16.4 Å². The Kier molecular flexibility index (Phi) is 8.17. The number of fused-ring (bicyclic) bond motifs is 1. The first-order chi connectivity index (χ1) is 18.5. The van der Waals surface area contributed by atoms with Crippen LogP contribution in [-0.2, 0) is 0 Å². The monoisotopic (exact) mass is 529 g/mol. The number of hydrogen-bond donors (Lipinski definition) is 2. The van der Waals surface area contributed by atoms with Gasteiger partial charge in [0.15, 0.2) is 0 Å². The smallest absolute Gasteiger partial charge is 0.251 e. The van der Waals surface area contributed by atoms with Crippen LogP contribution in [0.25, 0.3) is 21.3 Å². The number of nitrogens with zero attached hydrogens (tertiary/aromatic N) is 5. The molecule has 3 heterocycles. The van der Waals surface area contributed by atoms with Gasteiger partial charge in [0.2, 0.25) is 5.95 Å². The molecule has 2 aromatic heterocycles. The SMILES string of the molecule is CCN1CCN(c2ccc(Nc3ncc4scc(-c5cccc(C(=O)NCCN(C)C)c5)c4n3)cc2)CC1. The molecule has 0 spiro atoms. The number of hydrogen-bond acceptors (Lipinski definition) is 8. The molecular weight excluding hydrogens is 494 g/mol. The van der Waals surface area contributed by atoms with Crippen LogP contribution in [0, 0.1) is 0 Å². The highest BCUT2D eigenvalue weighted by Crippen LogP contribution is 2.33. The molecule has 1 amide bonds. The predicted octanol–water partition coefficient (Wildman–Crippen LogP) is 4.54. The van der Waals surface area contributed by atoms with Crippen LogP contribution in [0.3, 0.4) is 0 Å². The number of benzene rings is 2. The third-order valence-corrected chi connectivity index (χ3v) is 7.81. The van der Waals surface area contributed by atoms with E-state index in [1.165, 1.54) is 5.69 Å². The van der Waals surface area contributed by atoms with Gasteiger partial charge in [-0.2, -0.15) is 0 Å². The highest BCUT2D eigenvalue weighted by atomic mass is 32.1. The maximum atomic E-state index is 12.7. The van der Waals surface area contributed by atoms with Crippen molar-refractivity contribution in [2.45, 2.75) is 6.92 Å². The number of likely N-dealkylation sites (N-methyl/N-ethyl adjacent to an activating group) is 2. The Bertz CT molecular complexity index is 1380. The van der Waals surface area contributed by atoms with Gasteiger partial charge in [-0.05, 0) is 62.6 Å². The summed E-state index contributed by atoms with van der Waals surface area (Å²) in [5, 5.41) is 8.43. The lowest BCUT2D eigenvalue weighted by Crippen LogP contribution is -2.46. The first-order valence-corrected chi connectivity index (χ1v) is 14.0. The van der Waals surface area contributed by atoms with Crippen LogP contribution in [0.4, 0.5) is 17.3 Å². The van der Waals surface area contributed by atoms with Gasteiger partial charge < -0.3 is 25.3 Å². The van der Waals surface area contributed by atoms with Crippen molar-refractivity contribution in [2.75, 3.05) is 70.1 Å². The molecule has 0 saturated carbocycles. The zero-order valence-corrected chi connectivity index (χ0v) is 23.1. The number of aromatic nitrogens is 2. The van der Waals surface area contributed by atoms with Crippen molar-refractivity contribution in [1.82, 2.24) is 25.1 Å². The van der Waals surface area contributed by atoms with Crippen molar-refractivity contribution < 1.29 is 4.79 Å². The first-order valence-electron chi connectivity index (χ1n) is 13.1. The Balaban J connectivity index is 1.30. The normalized spacial score (nSPS) is 14.3. The van der Waals surface area contributed by atoms with Crippen LogP contribution in [-0.4, -0.2) is 85.6 Å². The minimum Gasteiger partial charge on any atom is -0.369 e. The van der Waals surface area contributed by atoms with E-state index in [4.69, 9.17) is 4.98 Å². The summed E-state index contributed by atoms with van der Waals surface area (Å²) in [6, 6.07) is 16.2. The van der Waals surface area contributed by atoms with Crippen LogP contribution in [0.1, 0.15) is 17.3 Å². The Morgan fingerprint density at radius 1 is 1.08 bits per heavy atom. The van der Waals surface area contributed by atoms with Crippen molar-refractivity contribution in [2.24, 2.45) is 0 Å². The summed E-state index contributed by atoms with van der Waals surface area (Å²) in [5.74, 6) is 0.486. The first kappa shape index (κ1) is 26.1. The lowest BCUT2D eigenvalue weighted by atomic mass is 10.0. The Hall–Kier alpha value is -3.53. The molecule has 4 aromatic rings. The van der Waals surface area contributed by atoms with Gasteiger partial charge in [-0.1, -0.05) is 19.1 Å².